The normalized spacial score (nSPS) is 16.2. The van der Waals surface area contributed by atoms with Gasteiger partial charge in [-0.05, 0) is 42.7 Å². The molecule has 1 amide bonds. The molecular weight excluding hydrogens is 268 g/mol. The van der Waals surface area contributed by atoms with Crippen LogP contribution in [0.25, 0.3) is 0 Å². The third-order valence-electron chi connectivity index (χ3n) is 4.04. The van der Waals surface area contributed by atoms with E-state index in [4.69, 9.17) is 0 Å². The average Bonchev–Trinajstić information content (AvgIpc) is 2.42. The average molecular weight is 292 g/mol. The van der Waals surface area contributed by atoms with Gasteiger partial charge in [0.05, 0.1) is 6.10 Å². The number of carbonyl (C=O) groups excluding carboxylic acids is 1. The molecule has 3 N–H and O–H groups in total. The maximum atomic E-state index is 12.1. The second-order valence-corrected chi connectivity index (χ2v) is 6.81. The highest BCUT2D eigenvalue weighted by Gasteiger charge is 2.23. The third kappa shape index (κ3) is 3.73. The number of aromatic nitrogens is 1. The van der Waals surface area contributed by atoms with E-state index >= 15 is 0 Å². The van der Waals surface area contributed by atoms with Gasteiger partial charge in [-0.15, -0.1) is 0 Å². The van der Waals surface area contributed by atoms with Crippen LogP contribution in [0.5, 0.6) is 0 Å². The second-order valence-electron chi connectivity index (χ2n) is 6.81. The summed E-state index contributed by atoms with van der Waals surface area (Å²) in [5, 5.41) is 12.6. The number of rotatable bonds is 3. The lowest BCUT2D eigenvalue weighted by molar-refractivity contribution is 0.0586. The molecule has 0 radical (unpaired) electrons. The summed E-state index contributed by atoms with van der Waals surface area (Å²) in [5.41, 5.74) is 1.49. The largest absolute Gasteiger partial charge is 0.391 e. The fourth-order valence-electron chi connectivity index (χ4n) is 2.43. The van der Waals surface area contributed by atoms with E-state index in [-0.39, 0.29) is 23.1 Å². The van der Waals surface area contributed by atoms with E-state index in [0.717, 1.165) is 36.9 Å². The second kappa shape index (κ2) is 6.02. The van der Waals surface area contributed by atoms with Gasteiger partial charge in [0.25, 0.3) is 11.5 Å². The summed E-state index contributed by atoms with van der Waals surface area (Å²) >= 11 is 0. The minimum absolute atomic E-state index is 0.136. The van der Waals surface area contributed by atoms with Crippen molar-refractivity contribution in [3.05, 3.63) is 33.2 Å². The van der Waals surface area contributed by atoms with Crippen molar-refractivity contribution in [1.29, 1.82) is 0 Å². The summed E-state index contributed by atoms with van der Waals surface area (Å²) in [7, 11) is 0. The lowest BCUT2D eigenvalue weighted by Crippen LogP contribution is -2.40. The summed E-state index contributed by atoms with van der Waals surface area (Å²) in [5.74, 6) is -0.423. The van der Waals surface area contributed by atoms with Gasteiger partial charge in [0.1, 0.15) is 5.56 Å². The molecule has 2 rings (SSSR count). The molecule has 0 fully saturated rings. The third-order valence-corrected chi connectivity index (χ3v) is 4.04. The molecule has 1 atom stereocenters. The minimum Gasteiger partial charge on any atom is -0.391 e. The Kier molecular flexibility index (Phi) is 4.52. The van der Waals surface area contributed by atoms with Gasteiger partial charge >= 0.3 is 0 Å². The van der Waals surface area contributed by atoms with Gasteiger partial charge in [0.15, 0.2) is 0 Å². The molecule has 0 bridgehead atoms. The van der Waals surface area contributed by atoms with E-state index in [1.54, 1.807) is 6.07 Å². The Morgan fingerprint density at radius 1 is 1.38 bits per heavy atom. The molecule has 5 nitrogen and oxygen atoms in total. The van der Waals surface area contributed by atoms with Gasteiger partial charge in [0.2, 0.25) is 0 Å². The van der Waals surface area contributed by atoms with E-state index in [9.17, 15) is 14.7 Å². The smallest absolute Gasteiger partial charge is 0.261 e. The van der Waals surface area contributed by atoms with Gasteiger partial charge in [-0.3, -0.25) is 9.59 Å². The molecule has 1 aromatic heterocycles. The monoisotopic (exact) mass is 292 g/mol. The number of fused-ring (bicyclic) bond motifs is 1. The molecule has 0 aromatic carbocycles. The zero-order valence-electron chi connectivity index (χ0n) is 13.0. The van der Waals surface area contributed by atoms with Gasteiger partial charge in [-0.2, -0.15) is 0 Å². The fourth-order valence-corrected chi connectivity index (χ4v) is 2.43. The Hall–Kier alpha value is -1.62. The van der Waals surface area contributed by atoms with Crippen LogP contribution in [-0.4, -0.2) is 28.6 Å². The van der Waals surface area contributed by atoms with Crippen LogP contribution < -0.4 is 10.9 Å². The topological polar surface area (TPSA) is 82.2 Å². The van der Waals surface area contributed by atoms with Crippen molar-refractivity contribution in [1.82, 2.24) is 10.3 Å². The summed E-state index contributed by atoms with van der Waals surface area (Å²) in [6, 6.07) is 1.70. The Morgan fingerprint density at radius 3 is 2.71 bits per heavy atom. The molecule has 116 valence electrons. The van der Waals surface area contributed by atoms with Crippen molar-refractivity contribution in [2.45, 2.75) is 52.6 Å². The van der Waals surface area contributed by atoms with E-state index in [1.807, 2.05) is 20.8 Å². The molecule has 1 unspecified atom stereocenters. The maximum absolute atomic E-state index is 12.1. The molecular formula is C16H24N2O3. The number of pyridine rings is 1. The number of H-pyrrole nitrogens is 1. The molecule has 21 heavy (non-hydrogen) atoms. The predicted octanol–water partition coefficient (Wildman–Crippen LogP) is 1.39. The standard InChI is InChI=1S/C16H24N2O3/c1-16(2,3)13(19)9-17-14(20)11-8-10-6-4-5-7-12(10)18-15(11)21/h8,13,19H,4-7,9H2,1-3H3,(H,17,20)(H,18,21). The number of aliphatic hydroxyl groups excluding tert-OH is 1. The first-order valence-corrected chi connectivity index (χ1v) is 7.50. The Balaban J connectivity index is 2.11. The molecule has 1 aliphatic rings. The molecule has 0 spiro atoms. The Bertz CT molecular complexity index is 584. The van der Waals surface area contributed by atoms with Crippen LogP contribution in [-0.2, 0) is 12.8 Å². The maximum Gasteiger partial charge on any atom is 0.261 e. The van der Waals surface area contributed by atoms with Crippen molar-refractivity contribution in [3.63, 3.8) is 0 Å². The Labute approximate surface area is 124 Å². The van der Waals surface area contributed by atoms with Crippen molar-refractivity contribution < 1.29 is 9.90 Å². The van der Waals surface area contributed by atoms with Crippen molar-refractivity contribution in [2.24, 2.45) is 5.41 Å². The quantitative estimate of drug-likeness (QED) is 0.787. The van der Waals surface area contributed by atoms with Crippen LogP contribution in [0, 0.1) is 5.41 Å². The number of nitrogens with one attached hydrogen (secondary N) is 2. The lowest BCUT2D eigenvalue weighted by atomic mass is 9.89. The fraction of sp³-hybridized carbons (Fsp3) is 0.625. The number of amides is 1. The first-order chi connectivity index (χ1) is 9.79. The number of aromatic amines is 1. The summed E-state index contributed by atoms with van der Waals surface area (Å²) in [4.78, 5) is 27.0. The van der Waals surface area contributed by atoms with Gasteiger partial charge in [-0.1, -0.05) is 20.8 Å². The lowest BCUT2D eigenvalue weighted by Gasteiger charge is -2.25. The summed E-state index contributed by atoms with van der Waals surface area (Å²) in [6.45, 7) is 5.83. The summed E-state index contributed by atoms with van der Waals surface area (Å²) in [6.07, 6.45) is 3.28. The van der Waals surface area contributed by atoms with Gasteiger partial charge < -0.3 is 15.4 Å². The van der Waals surface area contributed by atoms with E-state index in [2.05, 4.69) is 10.3 Å². The molecule has 0 aliphatic heterocycles. The molecule has 5 heteroatoms. The number of aliphatic hydroxyl groups is 1. The highest BCUT2D eigenvalue weighted by Crippen LogP contribution is 2.19. The Morgan fingerprint density at radius 2 is 2.05 bits per heavy atom. The zero-order chi connectivity index (χ0) is 15.6. The molecule has 0 saturated carbocycles. The number of hydrogen-bond acceptors (Lipinski definition) is 3. The number of aryl methyl sites for hydroxylation is 2. The van der Waals surface area contributed by atoms with Crippen LogP contribution in [0.3, 0.4) is 0 Å². The molecule has 1 aliphatic carbocycles. The van der Waals surface area contributed by atoms with Crippen molar-refractivity contribution in [3.8, 4) is 0 Å². The van der Waals surface area contributed by atoms with Crippen LogP contribution in [0.15, 0.2) is 10.9 Å². The van der Waals surface area contributed by atoms with Crippen LogP contribution in [0.2, 0.25) is 0 Å². The SMILES string of the molecule is CC(C)(C)C(O)CNC(=O)c1cc2c([nH]c1=O)CCCC2. The van der Waals surface area contributed by atoms with Gasteiger partial charge in [0, 0.05) is 12.2 Å². The molecule has 0 saturated heterocycles. The van der Waals surface area contributed by atoms with Crippen LogP contribution >= 0.6 is 0 Å². The van der Waals surface area contributed by atoms with E-state index in [0.29, 0.717) is 0 Å². The van der Waals surface area contributed by atoms with Crippen LogP contribution in [0.1, 0.15) is 55.2 Å². The highest BCUT2D eigenvalue weighted by atomic mass is 16.3. The van der Waals surface area contributed by atoms with Gasteiger partial charge in [-0.25, -0.2) is 0 Å². The van der Waals surface area contributed by atoms with Crippen molar-refractivity contribution in [2.75, 3.05) is 6.54 Å². The predicted molar refractivity (Wildman–Crippen MR) is 81.5 cm³/mol. The van der Waals surface area contributed by atoms with Crippen molar-refractivity contribution >= 4 is 5.91 Å². The van der Waals surface area contributed by atoms with Crippen LogP contribution in [0.4, 0.5) is 0 Å². The minimum atomic E-state index is -0.654. The first kappa shape index (κ1) is 15.8. The zero-order valence-corrected chi connectivity index (χ0v) is 13.0. The molecule has 1 aromatic rings. The summed E-state index contributed by atoms with van der Waals surface area (Å²) < 4.78 is 0. The van der Waals surface area contributed by atoms with E-state index < -0.39 is 12.0 Å². The number of hydrogen-bond donors (Lipinski definition) is 3. The number of carbonyl (C=O) groups is 1. The first-order valence-electron chi connectivity index (χ1n) is 7.50. The van der Waals surface area contributed by atoms with E-state index in [1.165, 1.54) is 0 Å². The highest BCUT2D eigenvalue weighted by molar-refractivity contribution is 5.94. The molecule has 1 heterocycles.